The van der Waals surface area contributed by atoms with Gasteiger partial charge in [0.1, 0.15) is 5.82 Å². The SMILES string of the molecule is CC.c1ccc(C2CCCCn3nc(CC4[C@@H]5CCC[C@H]4CC5)nc32)cc1. The highest BCUT2D eigenvalue weighted by Crippen LogP contribution is 2.48. The van der Waals surface area contributed by atoms with Crippen molar-refractivity contribution in [2.24, 2.45) is 17.8 Å². The summed E-state index contributed by atoms with van der Waals surface area (Å²) in [5.74, 6) is 5.53. The molecule has 3 nitrogen and oxygen atoms in total. The van der Waals surface area contributed by atoms with Gasteiger partial charge in [0.25, 0.3) is 0 Å². The third-order valence-corrected chi connectivity index (χ3v) is 7.06. The number of aromatic nitrogens is 3. The molecule has 3 aliphatic rings. The largest absolute Gasteiger partial charge is 0.249 e. The van der Waals surface area contributed by atoms with E-state index in [1.54, 1.807) is 0 Å². The van der Waals surface area contributed by atoms with Gasteiger partial charge in [0.05, 0.1) is 0 Å². The maximum Gasteiger partial charge on any atom is 0.151 e. The van der Waals surface area contributed by atoms with Crippen LogP contribution in [0.2, 0.25) is 0 Å². The lowest BCUT2D eigenvalue weighted by molar-refractivity contribution is 0.223. The van der Waals surface area contributed by atoms with Crippen LogP contribution in [0, 0.1) is 17.8 Å². The second-order valence-corrected chi connectivity index (χ2v) is 8.46. The summed E-state index contributed by atoms with van der Waals surface area (Å²) in [4.78, 5) is 5.11. The van der Waals surface area contributed by atoms with Crippen molar-refractivity contribution in [2.75, 3.05) is 0 Å². The lowest BCUT2D eigenvalue weighted by atomic mass is 9.77. The van der Waals surface area contributed by atoms with Crippen LogP contribution >= 0.6 is 0 Å². The van der Waals surface area contributed by atoms with Crippen molar-refractivity contribution in [1.29, 1.82) is 0 Å². The second-order valence-electron chi connectivity index (χ2n) is 8.46. The zero-order valence-corrected chi connectivity index (χ0v) is 17.1. The predicted molar refractivity (Wildman–Crippen MR) is 111 cm³/mol. The lowest BCUT2D eigenvalue weighted by Gasteiger charge is -2.29. The molecule has 5 rings (SSSR count). The summed E-state index contributed by atoms with van der Waals surface area (Å²) in [5, 5.41) is 4.98. The van der Waals surface area contributed by atoms with E-state index in [0.29, 0.717) is 5.92 Å². The fourth-order valence-corrected chi connectivity index (χ4v) is 5.80. The van der Waals surface area contributed by atoms with Crippen molar-refractivity contribution in [3.63, 3.8) is 0 Å². The Balaban J connectivity index is 0.000000872. The van der Waals surface area contributed by atoms with E-state index in [1.807, 2.05) is 13.8 Å². The van der Waals surface area contributed by atoms with Crippen LogP contribution in [0.15, 0.2) is 30.3 Å². The molecule has 2 unspecified atom stereocenters. The fourth-order valence-electron chi connectivity index (χ4n) is 5.80. The molecule has 27 heavy (non-hydrogen) atoms. The summed E-state index contributed by atoms with van der Waals surface area (Å²) in [6.07, 6.45) is 12.1. The number of fused-ring (bicyclic) bond motifs is 3. The van der Waals surface area contributed by atoms with Gasteiger partial charge in [0.2, 0.25) is 0 Å². The number of aryl methyl sites for hydroxylation is 1. The molecule has 0 spiro atoms. The number of hydrogen-bond donors (Lipinski definition) is 0. The average Bonchev–Trinajstić information content (AvgIpc) is 3.11. The highest BCUT2D eigenvalue weighted by Gasteiger charge is 2.39. The average molecular weight is 366 g/mol. The third kappa shape index (κ3) is 3.83. The maximum absolute atomic E-state index is 5.11. The number of hydrogen-bond acceptors (Lipinski definition) is 2. The highest BCUT2D eigenvalue weighted by molar-refractivity contribution is 5.26. The molecule has 1 aliphatic heterocycles. The van der Waals surface area contributed by atoms with E-state index < -0.39 is 0 Å². The Kier molecular flexibility index (Phi) is 5.95. The fraction of sp³-hybridized carbons (Fsp3) is 0.667. The third-order valence-electron chi connectivity index (χ3n) is 7.06. The van der Waals surface area contributed by atoms with Gasteiger partial charge in [-0.15, -0.1) is 0 Å². The van der Waals surface area contributed by atoms with Crippen LogP contribution in [-0.4, -0.2) is 14.8 Å². The van der Waals surface area contributed by atoms with Crippen LogP contribution in [0.25, 0.3) is 0 Å². The van der Waals surface area contributed by atoms with Gasteiger partial charge in [-0.3, -0.25) is 0 Å². The van der Waals surface area contributed by atoms with Crippen molar-refractivity contribution in [3.05, 3.63) is 47.5 Å². The van der Waals surface area contributed by atoms with Gasteiger partial charge in [-0.05, 0) is 49.0 Å². The molecular formula is C24H35N3. The van der Waals surface area contributed by atoms with Crippen LogP contribution in [0.3, 0.4) is 0 Å². The Morgan fingerprint density at radius 1 is 0.889 bits per heavy atom. The molecule has 1 aromatic carbocycles. The van der Waals surface area contributed by atoms with Gasteiger partial charge >= 0.3 is 0 Å². The first-order valence-corrected chi connectivity index (χ1v) is 11.4. The molecule has 0 amide bonds. The van der Waals surface area contributed by atoms with Gasteiger partial charge < -0.3 is 0 Å². The lowest BCUT2D eigenvalue weighted by Crippen LogP contribution is -2.23. The molecule has 2 aromatic rings. The first-order valence-electron chi connectivity index (χ1n) is 11.4. The standard InChI is InChI=1S/C22H29N3.C2H6/c1-2-7-16(8-3-1)19-11-4-5-14-25-22(19)23-21(24-25)15-20-17-9-6-10-18(20)13-12-17;1-2/h1-3,7-8,17-20H,4-6,9-15H2;1-2H3/t17-,18+,19?,20?;. The minimum Gasteiger partial charge on any atom is -0.249 e. The highest BCUT2D eigenvalue weighted by atomic mass is 15.3. The molecule has 2 fully saturated rings. The molecule has 2 aliphatic carbocycles. The zero-order chi connectivity index (χ0) is 18.6. The zero-order valence-electron chi connectivity index (χ0n) is 17.1. The number of benzene rings is 1. The van der Waals surface area contributed by atoms with E-state index in [4.69, 9.17) is 10.1 Å². The van der Waals surface area contributed by atoms with E-state index in [2.05, 4.69) is 35.0 Å². The van der Waals surface area contributed by atoms with E-state index in [0.717, 1.165) is 36.5 Å². The van der Waals surface area contributed by atoms with E-state index in [9.17, 15) is 0 Å². The minimum absolute atomic E-state index is 0.424. The summed E-state index contributed by atoms with van der Waals surface area (Å²) >= 11 is 0. The van der Waals surface area contributed by atoms with Crippen molar-refractivity contribution >= 4 is 0 Å². The molecule has 0 saturated heterocycles. The van der Waals surface area contributed by atoms with Gasteiger partial charge in [0, 0.05) is 18.9 Å². The van der Waals surface area contributed by atoms with Crippen LogP contribution in [0.4, 0.5) is 0 Å². The molecule has 0 N–H and O–H groups in total. The predicted octanol–water partition coefficient (Wildman–Crippen LogP) is 5.99. The molecule has 0 radical (unpaired) electrons. The van der Waals surface area contributed by atoms with Gasteiger partial charge in [-0.1, -0.05) is 69.9 Å². The van der Waals surface area contributed by atoms with E-state index in [-0.39, 0.29) is 0 Å². The molecule has 146 valence electrons. The maximum atomic E-state index is 5.11. The molecule has 2 saturated carbocycles. The van der Waals surface area contributed by atoms with Gasteiger partial charge in [0.15, 0.2) is 5.82 Å². The molecule has 1 aromatic heterocycles. The Morgan fingerprint density at radius 2 is 1.63 bits per heavy atom. The van der Waals surface area contributed by atoms with Crippen molar-refractivity contribution < 1.29 is 0 Å². The molecular weight excluding hydrogens is 330 g/mol. The van der Waals surface area contributed by atoms with E-state index in [1.165, 1.54) is 62.8 Å². The van der Waals surface area contributed by atoms with Crippen molar-refractivity contribution in [3.8, 4) is 0 Å². The minimum atomic E-state index is 0.424. The van der Waals surface area contributed by atoms with Crippen LogP contribution in [0.1, 0.15) is 88.3 Å². The topological polar surface area (TPSA) is 30.7 Å². The molecule has 3 heteroatoms. The summed E-state index contributed by atoms with van der Waals surface area (Å²) in [6.45, 7) is 5.04. The number of nitrogens with zero attached hydrogens (tertiary/aromatic N) is 3. The quantitative estimate of drug-likeness (QED) is 0.669. The monoisotopic (exact) mass is 365 g/mol. The second kappa shape index (κ2) is 8.58. The Labute approximate surface area is 164 Å². The first kappa shape index (κ1) is 18.7. The van der Waals surface area contributed by atoms with Crippen LogP contribution in [0.5, 0.6) is 0 Å². The first-order chi connectivity index (χ1) is 13.4. The van der Waals surface area contributed by atoms with E-state index >= 15 is 0 Å². The Bertz CT molecular complexity index is 704. The normalized spacial score (nSPS) is 29.4. The van der Waals surface area contributed by atoms with Crippen molar-refractivity contribution in [1.82, 2.24) is 14.8 Å². The Hall–Kier alpha value is -1.64. The summed E-state index contributed by atoms with van der Waals surface area (Å²) in [5.41, 5.74) is 1.40. The molecule has 2 bridgehead atoms. The van der Waals surface area contributed by atoms with Crippen molar-refractivity contribution in [2.45, 2.75) is 84.1 Å². The van der Waals surface area contributed by atoms with Crippen LogP contribution < -0.4 is 0 Å². The van der Waals surface area contributed by atoms with Gasteiger partial charge in [-0.25, -0.2) is 9.67 Å². The molecule has 4 atom stereocenters. The van der Waals surface area contributed by atoms with Crippen LogP contribution in [-0.2, 0) is 13.0 Å². The summed E-state index contributed by atoms with van der Waals surface area (Å²) < 4.78 is 2.24. The summed E-state index contributed by atoms with van der Waals surface area (Å²) in [7, 11) is 0. The Morgan fingerprint density at radius 3 is 2.37 bits per heavy atom. The smallest absolute Gasteiger partial charge is 0.151 e. The molecule has 2 heterocycles. The summed E-state index contributed by atoms with van der Waals surface area (Å²) in [6, 6.07) is 10.9. The number of rotatable bonds is 3. The van der Waals surface area contributed by atoms with Gasteiger partial charge in [-0.2, -0.15) is 5.10 Å².